The van der Waals surface area contributed by atoms with Gasteiger partial charge in [-0.25, -0.2) is 0 Å². The van der Waals surface area contributed by atoms with E-state index in [4.69, 9.17) is 10.2 Å². The maximum atomic E-state index is 11.5. The van der Waals surface area contributed by atoms with E-state index < -0.39 is 11.9 Å². The summed E-state index contributed by atoms with van der Waals surface area (Å²) in [5, 5.41) is 17.4. The number of carbonyl (C=O) groups is 4. The fraction of sp³-hybridized carbons (Fsp3) is 0.680. The highest BCUT2D eigenvalue weighted by Gasteiger charge is 2.35. The van der Waals surface area contributed by atoms with Gasteiger partial charge in [-0.1, -0.05) is 45.6 Å². The number of hydrogen-bond acceptors (Lipinski definition) is 4. The van der Waals surface area contributed by atoms with Crippen LogP contribution in [0.25, 0.3) is 0 Å². The van der Waals surface area contributed by atoms with Gasteiger partial charge in [0, 0.05) is 37.5 Å². The lowest BCUT2D eigenvalue weighted by atomic mass is 9.89. The van der Waals surface area contributed by atoms with Gasteiger partial charge in [0.15, 0.2) is 0 Å². The van der Waals surface area contributed by atoms with Crippen molar-refractivity contribution in [2.45, 2.75) is 85.5 Å². The average Bonchev–Trinajstić information content (AvgIpc) is 3.19. The van der Waals surface area contributed by atoms with Crippen LogP contribution in [0.1, 0.15) is 85.5 Å². The Kier molecular flexibility index (Phi) is 14.4. The molecule has 0 saturated heterocycles. The van der Waals surface area contributed by atoms with Gasteiger partial charge < -0.3 is 10.2 Å². The molecule has 0 aliphatic heterocycles. The van der Waals surface area contributed by atoms with Crippen LogP contribution in [0.2, 0.25) is 0 Å². The number of ketones is 2. The molecule has 0 aromatic heterocycles. The highest BCUT2D eigenvalue weighted by atomic mass is 16.4. The van der Waals surface area contributed by atoms with E-state index in [1.165, 1.54) is 0 Å². The minimum atomic E-state index is -0.792. The minimum absolute atomic E-state index is 0. The quantitative estimate of drug-likeness (QED) is 0.440. The first-order valence-corrected chi connectivity index (χ1v) is 11.1. The summed E-state index contributed by atoms with van der Waals surface area (Å²) >= 11 is 0. The molecule has 6 nitrogen and oxygen atoms in total. The Labute approximate surface area is 186 Å². The topological polar surface area (TPSA) is 109 Å². The summed E-state index contributed by atoms with van der Waals surface area (Å²) in [6.45, 7) is 4.09. The second kappa shape index (κ2) is 15.5. The maximum absolute atomic E-state index is 11.5. The van der Waals surface area contributed by atoms with Crippen LogP contribution >= 0.6 is 0 Å². The zero-order valence-corrected chi connectivity index (χ0v) is 18.2. The smallest absolute Gasteiger partial charge is 0.303 e. The zero-order chi connectivity index (χ0) is 22.5. The van der Waals surface area contributed by atoms with Crippen molar-refractivity contribution in [2.24, 2.45) is 23.7 Å². The number of allylic oxidation sites excluding steroid dienone is 4. The van der Waals surface area contributed by atoms with Gasteiger partial charge in [-0.2, -0.15) is 0 Å². The van der Waals surface area contributed by atoms with E-state index in [1.54, 1.807) is 0 Å². The Morgan fingerprint density at radius 2 is 1.13 bits per heavy atom. The number of carboxylic acids is 2. The van der Waals surface area contributed by atoms with Crippen molar-refractivity contribution >= 4 is 23.5 Å². The van der Waals surface area contributed by atoms with Crippen LogP contribution in [0.15, 0.2) is 24.3 Å². The number of rotatable bonds is 10. The van der Waals surface area contributed by atoms with E-state index >= 15 is 0 Å². The molecule has 2 aliphatic carbocycles. The fourth-order valence-corrected chi connectivity index (χ4v) is 4.36. The third kappa shape index (κ3) is 10.6. The number of hydrogen-bond donors (Lipinski definition) is 2. The molecule has 0 bridgehead atoms. The predicted molar refractivity (Wildman–Crippen MR) is 122 cm³/mol. The average molecular weight is 437 g/mol. The van der Waals surface area contributed by atoms with Gasteiger partial charge in [-0.3, -0.25) is 19.2 Å². The molecule has 0 amide bonds. The molecular weight excluding hydrogens is 396 g/mol. The van der Waals surface area contributed by atoms with Crippen molar-refractivity contribution in [3.63, 3.8) is 0 Å². The first-order chi connectivity index (χ1) is 14.3. The zero-order valence-electron chi connectivity index (χ0n) is 18.2. The second-order valence-corrected chi connectivity index (χ2v) is 8.17. The Hall–Kier alpha value is -2.24. The summed E-state index contributed by atoms with van der Waals surface area (Å²) in [7, 11) is 0. The first kappa shape index (κ1) is 28.8. The van der Waals surface area contributed by atoms with Crippen molar-refractivity contribution in [3.8, 4) is 0 Å². The SMILES string of the molecule is C.CC/C=C/C[C@H]1C(=O)CC[C@H]1CC(=O)O.CC/C=C\C[C@H]1C(=O)CC[C@H]1CC(=O)O. The van der Waals surface area contributed by atoms with Gasteiger partial charge in [-0.15, -0.1) is 0 Å². The van der Waals surface area contributed by atoms with Crippen LogP contribution in [0, 0.1) is 23.7 Å². The molecule has 31 heavy (non-hydrogen) atoms. The van der Waals surface area contributed by atoms with Crippen LogP contribution in [0.5, 0.6) is 0 Å². The summed E-state index contributed by atoms with van der Waals surface area (Å²) in [5.74, 6) is -1.11. The lowest BCUT2D eigenvalue weighted by molar-refractivity contribution is -0.139. The Bertz CT molecular complexity index is 592. The van der Waals surface area contributed by atoms with Gasteiger partial charge in [0.05, 0.1) is 0 Å². The van der Waals surface area contributed by atoms with Crippen molar-refractivity contribution in [1.82, 2.24) is 0 Å². The van der Waals surface area contributed by atoms with Gasteiger partial charge >= 0.3 is 11.9 Å². The summed E-state index contributed by atoms with van der Waals surface area (Å²) in [5.41, 5.74) is 0. The van der Waals surface area contributed by atoms with Crippen LogP contribution < -0.4 is 0 Å². The summed E-state index contributed by atoms with van der Waals surface area (Å²) in [4.78, 5) is 44.3. The molecule has 2 aliphatic rings. The Morgan fingerprint density at radius 3 is 1.42 bits per heavy atom. The second-order valence-electron chi connectivity index (χ2n) is 8.17. The minimum Gasteiger partial charge on any atom is -0.481 e. The Balaban J connectivity index is 0.000000562. The van der Waals surface area contributed by atoms with Crippen molar-refractivity contribution < 1.29 is 29.4 Å². The summed E-state index contributed by atoms with van der Waals surface area (Å²) in [6, 6.07) is 0. The molecule has 0 heterocycles. The third-order valence-corrected chi connectivity index (χ3v) is 5.95. The van der Waals surface area contributed by atoms with E-state index in [2.05, 4.69) is 0 Å². The highest BCUT2D eigenvalue weighted by molar-refractivity contribution is 5.85. The maximum Gasteiger partial charge on any atom is 0.303 e. The van der Waals surface area contributed by atoms with Gasteiger partial charge in [0.1, 0.15) is 11.6 Å². The standard InChI is InChI=1S/2C12H18O3.CH4/c2*1-2-3-4-5-10-9(8-12(14)15)6-7-11(10)13;/h2*3-4,9-10H,2,5-8H2,1H3,(H,14,15);1H4/b4-3+;4-3-;/t2*9-,10+;/m00./s1. The lowest BCUT2D eigenvalue weighted by Gasteiger charge is -2.14. The van der Waals surface area contributed by atoms with Crippen LogP contribution in [-0.2, 0) is 19.2 Å². The van der Waals surface area contributed by atoms with E-state index in [9.17, 15) is 19.2 Å². The van der Waals surface area contributed by atoms with E-state index in [0.29, 0.717) is 25.7 Å². The molecule has 0 unspecified atom stereocenters. The number of carboxylic acid groups (broad SMARTS) is 2. The molecule has 2 N–H and O–H groups in total. The molecule has 0 radical (unpaired) electrons. The van der Waals surface area contributed by atoms with Crippen LogP contribution in [0.4, 0.5) is 0 Å². The fourth-order valence-electron chi connectivity index (χ4n) is 4.36. The van der Waals surface area contributed by atoms with Gasteiger partial charge in [-0.05, 0) is 50.4 Å². The van der Waals surface area contributed by atoms with E-state index in [1.807, 2.05) is 38.2 Å². The third-order valence-electron chi connectivity index (χ3n) is 5.95. The molecule has 0 aromatic carbocycles. The lowest BCUT2D eigenvalue weighted by Crippen LogP contribution is -2.17. The molecule has 2 saturated carbocycles. The van der Waals surface area contributed by atoms with Crippen LogP contribution in [-0.4, -0.2) is 33.7 Å². The van der Waals surface area contributed by atoms with E-state index in [-0.39, 0.29) is 55.5 Å². The summed E-state index contributed by atoms with van der Waals surface area (Å²) in [6.07, 6.45) is 14.3. The molecule has 6 heteroatoms. The van der Waals surface area contributed by atoms with Crippen molar-refractivity contribution in [1.29, 1.82) is 0 Å². The predicted octanol–water partition coefficient (Wildman–Crippen LogP) is 5.46. The molecule has 2 rings (SSSR count). The van der Waals surface area contributed by atoms with Crippen molar-refractivity contribution in [3.05, 3.63) is 24.3 Å². The Morgan fingerprint density at radius 1 is 0.774 bits per heavy atom. The molecule has 176 valence electrons. The monoisotopic (exact) mass is 436 g/mol. The number of carbonyl (C=O) groups excluding carboxylic acids is 2. The molecular formula is C25H40O6. The van der Waals surface area contributed by atoms with E-state index in [0.717, 1.165) is 25.7 Å². The largest absolute Gasteiger partial charge is 0.481 e. The van der Waals surface area contributed by atoms with Crippen LogP contribution in [0.3, 0.4) is 0 Å². The summed E-state index contributed by atoms with van der Waals surface area (Å²) < 4.78 is 0. The molecule has 0 spiro atoms. The molecule has 4 atom stereocenters. The number of aliphatic carboxylic acids is 2. The highest BCUT2D eigenvalue weighted by Crippen LogP contribution is 2.34. The van der Waals surface area contributed by atoms with Gasteiger partial charge in [0.2, 0.25) is 0 Å². The van der Waals surface area contributed by atoms with Gasteiger partial charge in [0.25, 0.3) is 0 Å². The number of Topliss-reactive ketones (excluding diaryl/α,β-unsaturated/α-hetero) is 2. The van der Waals surface area contributed by atoms with Crippen molar-refractivity contribution in [2.75, 3.05) is 0 Å². The first-order valence-electron chi connectivity index (χ1n) is 11.1. The normalized spacial score (nSPS) is 25.5. The molecule has 0 aromatic rings. The molecule has 2 fully saturated rings.